The molecule has 0 radical (unpaired) electrons. The molecule has 0 spiro atoms. The number of benzene rings is 1. The van der Waals surface area contributed by atoms with Gasteiger partial charge in [0.15, 0.2) is 6.10 Å². The van der Waals surface area contributed by atoms with Crippen molar-refractivity contribution in [3.63, 3.8) is 0 Å². The molecule has 0 bridgehead atoms. The van der Waals surface area contributed by atoms with Gasteiger partial charge in [0.1, 0.15) is 37.5 Å². The summed E-state index contributed by atoms with van der Waals surface area (Å²) in [6.45, 7) is 1.45. The third-order valence-corrected chi connectivity index (χ3v) is 5.01. The fourth-order valence-corrected chi connectivity index (χ4v) is 3.41. The number of hydrogen-bond donors (Lipinski definition) is 0. The van der Waals surface area contributed by atoms with Crippen molar-refractivity contribution in [3.05, 3.63) is 54.7 Å². The second-order valence-electron chi connectivity index (χ2n) is 7.08. The van der Waals surface area contributed by atoms with Gasteiger partial charge in [-0.1, -0.05) is 5.16 Å². The zero-order chi connectivity index (χ0) is 21.9. The van der Waals surface area contributed by atoms with E-state index < -0.39 is 18.0 Å². The molecule has 2 aromatic heterocycles. The Morgan fingerprint density at radius 3 is 2.88 bits per heavy atom. The van der Waals surface area contributed by atoms with Gasteiger partial charge in [0.2, 0.25) is 0 Å². The highest BCUT2D eigenvalue weighted by Gasteiger charge is 2.33. The van der Waals surface area contributed by atoms with Gasteiger partial charge in [-0.25, -0.2) is 14.2 Å². The highest BCUT2D eigenvalue weighted by atomic mass is 19.1. The summed E-state index contributed by atoms with van der Waals surface area (Å²) < 4.78 is 30.3. The quantitative estimate of drug-likeness (QED) is 0.578. The van der Waals surface area contributed by atoms with Crippen LogP contribution in [-0.2, 0) is 9.57 Å². The molecule has 3 aromatic rings. The van der Waals surface area contributed by atoms with Crippen LogP contribution in [0.2, 0.25) is 0 Å². The van der Waals surface area contributed by atoms with Gasteiger partial charge in [-0.05, 0) is 35.5 Å². The monoisotopic (exact) mass is 439 g/mol. The Kier molecular flexibility index (Phi) is 5.28. The lowest BCUT2D eigenvalue weighted by Gasteiger charge is -2.20. The molecule has 1 saturated heterocycles. The van der Waals surface area contributed by atoms with Gasteiger partial charge in [0.05, 0.1) is 18.8 Å². The average molecular weight is 439 g/mol. The first kappa shape index (κ1) is 19.8. The number of ether oxygens (including phenoxy) is 2. The molecule has 5 rings (SSSR count). The molecule has 164 valence electrons. The summed E-state index contributed by atoms with van der Waals surface area (Å²) in [5.74, 6) is 0.520. The van der Waals surface area contributed by atoms with Crippen molar-refractivity contribution in [1.82, 2.24) is 10.1 Å². The zero-order valence-electron chi connectivity index (χ0n) is 16.8. The first-order chi connectivity index (χ1) is 15.7. The third-order valence-electron chi connectivity index (χ3n) is 5.01. The Morgan fingerprint density at radius 2 is 2.16 bits per heavy atom. The molecule has 1 fully saturated rings. The van der Waals surface area contributed by atoms with E-state index in [-0.39, 0.29) is 13.2 Å². The average Bonchev–Trinajstić information content (AvgIpc) is 3.48. The van der Waals surface area contributed by atoms with E-state index in [1.54, 1.807) is 42.9 Å². The number of carbonyl (C=O) groups is 1. The molecule has 0 saturated carbocycles. The number of hydrogen-bond acceptors (Lipinski definition) is 9. The Bertz CT molecular complexity index is 1120. The van der Waals surface area contributed by atoms with E-state index in [2.05, 4.69) is 19.8 Å². The predicted molar refractivity (Wildman–Crippen MR) is 111 cm³/mol. The molecular weight excluding hydrogens is 421 g/mol. The molecule has 32 heavy (non-hydrogen) atoms. The van der Waals surface area contributed by atoms with Gasteiger partial charge in [-0.2, -0.15) is 0 Å². The zero-order valence-corrected chi connectivity index (χ0v) is 16.8. The SMILES string of the molecule is O=C1O[C@@H](COc2ccon2)CN1c1ccc(-c2ccc(N3C=NOCC3)nc2)c(F)c1. The molecule has 1 atom stereocenters. The highest BCUT2D eigenvalue weighted by molar-refractivity contribution is 5.90. The van der Waals surface area contributed by atoms with E-state index in [0.29, 0.717) is 41.7 Å². The van der Waals surface area contributed by atoms with Crippen molar-refractivity contribution in [2.75, 3.05) is 36.1 Å². The number of oxime groups is 1. The molecule has 4 heterocycles. The fourth-order valence-electron chi connectivity index (χ4n) is 3.41. The molecule has 0 N–H and O–H groups in total. The van der Waals surface area contributed by atoms with Crippen LogP contribution in [0, 0.1) is 5.82 Å². The first-order valence-electron chi connectivity index (χ1n) is 9.87. The summed E-state index contributed by atoms with van der Waals surface area (Å²) in [5.41, 5.74) is 1.39. The lowest BCUT2D eigenvalue weighted by Crippen LogP contribution is -2.29. The van der Waals surface area contributed by atoms with Crippen LogP contribution in [-0.4, -0.2) is 55.0 Å². The van der Waals surface area contributed by atoms with Crippen molar-refractivity contribution < 1.29 is 28.0 Å². The lowest BCUT2D eigenvalue weighted by atomic mass is 10.1. The number of amides is 1. The number of carbonyl (C=O) groups excluding carboxylic acids is 1. The fraction of sp³-hybridized carbons (Fsp3) is 0.238. The third kappa shape index (κ3) is 4.04. The number of aromatic nitrogens is 2. The van der Waals surface area contributed by atoms with Crippen molar-refractivity contribution >= 4 is 23.9 Å². The van der Waals surface area contributed by atoms with Crippen LogP contribution in [0.15, 0.2) is 58.5 Å². The molecule has 0 unspecified atom stereocenters. The van der Waals surface area contributed by atoms with Gasteiger partial charge in [-0.15, -0.1) is 0 Å². The second-order valence-corrected chi connectivity index (χ2v) is 7.08. The smallest absolute Gasteiger partial charge is 0.414 e. The van der Waals surface area contributed by atoms with E-state index in [1.807, 2.05) is 4.90 Å². The molecular formula is C21H18FN5O5. The Labute approximate surface area is 181 Å². The van der Waals surface area contributed by atoms with Crippen LogP contribution < -0.4 is 14.5 Å². The number of nitrogens with zero attached hydrogens (tertiary/aromatic N) is 5. The molecule has 11 heteroatoms. The molecule has 2 aliphatic rings. The minimum Gasteiger partial charge on any atom is -0.471 e. The van der Waals surface area contributed by atoms with Gasteiger partial charge in [0, 0.05) is 23.4 Å². The van der Waals surface area contributed by atoms with E-state index >= 15 is 0 Å². The summed E-state index contributed by atoms with van der Waals surface area (Å²) in [4.78, 5) is 24.8. The normalized spacial score (nSPS) is 17.9. The van der Waals surface area contributed by atoms with E-state index in [9.17, 15) is 9.18 Å². The summed E-state index contributed by atoms with van der Waals surface area (Å²) >= 11 is 0. The number of rotatable bonds is 6. The Balaban J connectivity index is 1.27. The minimum absolute atomic E-state index is 0.112. The van der Waals surface area contributed by atoms with Gasteiger partial charge in [-0.3, -0.25) is 4.90 Å². The number of anilines is 2. The standard InChI is InChI=1S/C21H18FN5O5/c22-18-9-15(27-11-16(32-21(27)28)12-29-20-5-7-31-25-20)2-3-17(18)14-1-4-19(23-10-14)26-6-8-30-24-13-26/h1-5,7,9-10,13,16H,6,8,11-12H2/t16-/m1/s1. The topological polar surface area (TPSA) is 103 Å². The van der Waals surface area contributed by atoms with Crippen molar-refractivity contribution in [2.24, 2.45) is 5.16 Å². The number of cyclic esters (lactones) is 1. The van der Waals surface area contributed by atoms with Gasteiger partial charge in [0.25, 0.3) is 5.88 Å². The van der Waals surface area contributed by atoms with Crippen LogP contribution in [0.4, 0.5) is 20.7 Å². The van der Waals surface area contributed by atoms with E-state index in [4.69, 9.17) is 14.3 Å². The predicted octanol–water partition coefficient (Wildman–Crippen LogP) is 3.06. The maximum Gasteiger partial charge on any atom is 0.414 e. The minimum atomic E-state index is -0.566. The summed E-state index contributed by atoms with van der Waals surface area (Å²) in [6.07, 6.45) is 3.46. The molecule has 2 aliphatic heterocycles. The number of pyridine rings is 1. The van der Waals surface area contributed by atoms with Gasteiger partial charge < -0.3 is 23.7 Å². The maximum atomic E-state index is 14.9. The molecule has 1 amide bonds. The molecule has 10 nitrogen and oxygen atoms in total. The molecule has 1 aromatic carbocycles. The van der Waals surface area contributed by atoms with Crippen LogP contribution >= 0.6 is 0 Å². The van der Waals surface area contributed by atoms with Crippen LogP contribution in [0.5, 0.6) is 5.88 Å². The Morgan fingerprint density at radius 1 is 1.22 bits per heavy atom. The maximum absolute atomic E-state index is 14.9. The van der Waals surface area contributed by atoms with Crippen molar-refractivity contribution in [2.45, 2.75) is 6.10 Å². The van der Waals surface area contributed by atoms with Crippen molar-refractivity contribution in [1.29, 1.82) is 0 Å². The molecule has 0 aliphatic carbocycles. The summed E-state index contributed by atoms with van der Waals surface area (Å²) in [6, 6.07) is 9.72. The van der Waals surface area contributed by atoms with Crippen LogP contribution in [0.1, 0.15) is 0 Å². The largest absolute Gasteiger partial charge is 0.471 e. The highest BCUT2D eigenvalue weighted by Crippen LogP contribution is 2.29. The number of halogens is 1. The van der Waals surface area contributed by atoms with E-state index in [0.717, 1.165) is 0 Å². The van der Waals surface area contributed by atoms with Crippen LogP contribution in [0.25, 0.3) is 11.1 Å². The first-order valence-corrected chi connectivity index (χ1v) is 9.87. The van der Waals surface area contributed by atoms with Gasteiger partial charge >= 0.3 is 6.09 Å². The Hall–Kier alpha value is -4.15. The summed E-state index contributed by atoms with van der Waals surface area (Å²) in [5, 5.41) is 7.39. The van der Waals surface area contributed by atoms with Crippen LogP contribution in [0.3, 0.4) is 0 Å². The second kappa shape index (κ2) is 8.53. The summed E-state index contributed by atoms with van der Waals surface area (Å²) in [7, 11) is 0. The van der Waals surface area contributed by atoms with E-state index in [1.165, 1.54) is 17.2 Å². The van der Waals surface area contributed by atoms with Crippen molar-refractivity contribution in [3.8, 4) is 17.0 Å². The lowest BCUT2D eigenvalue weighted by molar-refractivity contribution is 0.102.